The molecule has 0 bridgehead atoms. The van der Waals surface area contributed by atoms with Crippen molar-refractivity contribution < 1.29 is 9.59 Å². The lowest BCUT2D eigenvalue weighted by Crippen LogP contribution is -2.35. The van der Waals surface area contributed by atoms with Gasteiger partial charge >= 0.3 is 0 Å². The molecule has 2 amide bonds. The molecule has 0 spiro atoms. The minimum absolute atomic E-state index is 0.0151. The maximum absolute atomic E-state index is 11.7. The third-order valence-corrected chi connectivity index (χ3v) is 3.63. The number of likely N-dealkylation sites (tertiary alicyclic amines) is 1. The zero-order valence-corrected chi connectivity index (χ0v) is 9.87. The van der Waals surface area contributed by atoms with Gasteiger partial charge in [0.05, 0.1) is 0 Å². The average molecular weight is 224 g/mol. The first-order valence-electron chi connectivity index (χ1n) is 6.23. The maximum Gasteiger partial charge on any atom is 0.232 e. The summed E-state index contributed by atoms with van der Waals surface area (Å²) in [6, 6.07) is 0. The van der Waals surface area contributed by atoms with Crippen molar-refractivity contribution in [3.05, 3.63) is 0 Å². The SMILES string of the molecule is CC1CC(=O)N(CCC2CCCNC2)C1=O. The predicted molar refractivity (Wildman–Crippen MR) is 60.7 cm³/mol. The summed E-state index contributed by atoms with van der Waals surface area (Å²) < 4.78 is 0. The Morgan fingerprint density at radius 1 is 1.44 bits per heavy atom. The second-order valence-electron chi connectivity index (χ2n) is 4.99. The number of carbonyl (C=O) groups is 2. The number of hydrogen-bond acceptors (Lipinski definition) is 3. The predicted octanol–water partition coefficient (Wildman–Crippen LogP) is 0.771. The van der Waals surface area contributed by atoms with Crippen LogP contribution in [0, 0.1) is 11.8 Å². The van der Waals surface area contributed by atoms with Crippen LogP contribution in [0.2, 0.25) is 0 Å². The van der Waals surface area contributed by atoms with E-state index in [2.05, 4.69) is 5.32 Å². The third-order valence-electron chi connectivity index (χ3n) is 3.63. The molecule has 1 N–H and O–H groups in total. The highest BCUT2D eigenvalue weighted by Gasteiger charge is 2.35. The molecule has 2 atom stereocenters. The molecule has 0 radical (unpaired) electrons. The topological polar surface area (TPSA) is 49.4 Å². The van der Waals surface area contributed by atoms with E-state index in [-0.39, 0.29) is 17.7 Å². The van der Waals surface area contributed by atoms with Crippen LogP contribution in [-0.2, 0) is 9.59 Å². The Morgan fingerprint density at radius 2 is 2.25 bits per heavy atom. The lowest BCUT2D eigenvalue weighted by atomic mass is 9.96. The molecule has 2 fully saturated rings. The van der Waals surface area contributed by atoms with Crippen LogP contribution in [0.1, 0.15) is 32.6 Å². The fourth-order valence-corrected chi connectivity index (χ4v) is 2.57. The van der Waals surface area contributed by atoms with Gasteiger partial charge in [-0.05, 0) is 38.3 Å². The molecule has 0 aliphatic carbocycles. The summed E-state index contributed by atoms with van der Waals surface area (Å²) in [5, 5.41) is 3.35. The molecular formula is C12H20N2O2. The summed E-state index contributed by atoms with van der Waals surface area (Å²) in [5.41, 5.74) is 0. The van der Waals surface area contributed by atoms with Crippen LogP contribution in [0.4, 0.5) is 0 Å². The zero-order chi connectivity index (χ0) is 11.5. The van der Waals surface area contributed by atoms with Crippen molar-refractivity contribution in [1.29, 1.82) is 0 Å². The molecule has 0 saturated carbocycles. The maximum atomic E-state index is 11.7. The lowest BCUT2D eigenvalue weighted by Gasteiger charge is -2.24. The summed E-state index contributed by atoms with van der Waals surface area (Å²) in [7, 11) is 0. The van der Waals surface area contributed by atoms with Crippen molar-refractivity contribution in [3.8, 4) is 0 Å². The molecule has 2 saturated heterocycles. The molecule has 2 rings (SSSR count). The number of hydrogen-bond donors (Lipinski definition) is 1. The highest BCUT2D eigenvalue weighted by Crippen LogP contribution is 2.21. The lowest BCUT2D eigenvalue weighted by molar-refractivity contribution is -0.139. The van der Waals surface area contributed by atoms with Gasteiger partial charge in [0.15, 0.2) is 0 Å². The molecule has 2 aliphatic heterocycles. The van der Waals surface area contributed by atoms with Gasteiger partial charge in [0, 0.05) is 18.9 Å². The first-order chi connectivity index (χ1) is 7.68. The smallest absolute Gasteiger partial charge is 0.232 e. The minimum atomic E-state index is -0.100. The van der Waals surface area contributed by atoms with Crippen LogP contribution in [0.5, 0.6) is 0 Å². The second-order valence-corrected chi connectivity index (χ2v) is 4.99. The van der Waals surface area contributed by atoms with Gasteiger partial charge in [0.2, 0.25) is 11.8 Å². The normalized spacial score (nSPS) is 31.2. The Labute approximate surface area is 96.4 Å². The molecule has 2 unspecified atom stereocenters. The van der Waals surface area contributed by atoms with Gasteiger partial charge < -0.3 is 5.32 Å². The van der Waals surface area contributed by atoms with Crippen molar-refractivity contribution in [1.82, 2.24) is 10.2 Å². The number of nitrogens with one attached hydrogen (secondary N) is 1. The van der Waals surface area contributed by atoms with E-state index in [0.717, 1.165) is 19.5 Å². The van der Waals surface area contributed by atoms with Gasteiger partial charge in [-0.1, -0.05) is 6.92 Å². The van der Waals surface area contributed by atoms with Crippen molar-refractivity contribution in [2.24, 2.45) is 11.8 Å². The Kier molecular flexibility index (Phi) is 3.59. The number of nitrogens with zero attached hydrogens (tertiary/aromatic N) is 1. The summed E-state index contributed by atoms with van der Waals surface area (Å²) in [6.45, 7) is 4.59. The van der Waals surface area contributed by atoms with Gasteiger partial charge in [-0.3, -0.25) is 14.5 Å². The molecule has 0 aromatic carbocycles. The average Bonchev–Trinajstić information content (AvgIpc) is 2.53. The highest BCUT2D eigenvalue weighted by atomic mass is 16.2. The summed E-state index contributed by atoms with van der Waals surface area (Å²) >= 11 is 0. The number of piperidine rings is 1. The first kappa shape index (κ1) is 11.6. The molecule has 4 heteroatoms. The van der Waals surface area contributed by atoms with E-state index in [1.54, 1.807) is 0 Å². The zero-order valence-electron chi connectivity index (χ0n) is 9.87. The fraction of sp³-hybridized carbons (Fsp3) is 0.833. The third kappa shape index (κ3) is 2.43. The Balaban J connectivity index is 1.80. The van der Waals surface area contributed by atoms with Gasteiger partial charge in [-0.2, -0.15) is 0 Å². The standard InChI is InChI=1S/C12H20N2O2/c1-9-7-11(15)14(12(9)16)6-4-10-3-2-5-13-8-10/h9-10,13H,2-8H2,1H3. The largest absolute Gasteiger partial charge is 0.316 e. The number of amides is 2. The fourth-order valence-electron chi connectivity index (χ4n) is 2.57. The van der Waals surface area contributed by atoms with Crippen molar-refractivity contribution >= 4 is 11.8 Å². The molecule has 0 aromatic heterocycles. The summed E-state index contributed by atoms with van der Waals surface area (Å²) in [6.07, 6.45) is 3.79. The van der Waals surface area contributed by atoms with Crippen LogP contribution < -0.4 is 5.32 Å². The quantitative estimate of drug-likeness (QED) is 0.720. The first-order valence-corrected chi connectivity index (χ1v) is 6.23. The Hall–Kier alpha value is -0.900. The van der Waals surface area contributed by atoms with Gasteiger partial charge in [0.25, 0.3) is 0 Å². The highest BCUT2D eigenvalue weighted by molar-refractivity contribution is 6.03. The van der Waals surface area contributed by atoms with Gasteiger partial charge in [-0.15, -0.1) is 0 Å². The van der Waals surface area contributed by atoms with Crippen LogP contribution in [0.25, 0.3) is 0 Å². The van der Waals surface area contributed by atoms with Crippen LogP contribution in [0.3, 0.4) is 0 Å². The van der Waals surface area contributed by atoms with Crippen molar-refractivity contribution in [2.45, 2.75) is 32.6 Å². The number of imide groups is 1. The Bertz CT molecular complexity index is 285. The van der Waals surface area contributed by atoms with E-state index in [1.807, 2.05) is 6.92 Å². The molecule has 4 nitrogen and oxygen atoms in total. The van der Waals surface area contributed by atoms with Crippen LogP contribution in [0.15, 0.2) is 0 Å². The van der Waals surface area contributed by atoms with E-state index in [1.165, 1.54) is 17.7 Å². The monoisotopic (exact) mass is 224 g/mol. The van der Waals surface area contributed by atoms with E-state index in [0.29, 0.717) is 18.9 Å². The summed E-state index contributed by atoms with van der Waals surface area (Å²) in [5.74, 6) is 0.567. The minimum Gasteiger partial charge on any atom is -0.316 e. The molecular weight excluding hydrogens is 204 g/mol. The summed E-state index contributed by atoms with van der Waals surface area (Å²) in [4.78, 5) is 24.7. The Morgan fingerprint density at radius 3 is 2.81 bits per heavy atom. The van der Waals surface area contributed by atoms with Crippen molar-refractivity contribution in [2.75, 3.05) is 19.6 Å². The van der Waals surface area contributed by atoms with Crippen LogP contribution in [-0.4, -0.2) is 36.3 Å². The number of rotatable bonds is 3. The van der Waals surface area contributed by atoms with Gasteiger partial charge in [-0.25, -0.2) is 0 Å². The molecule has 0 aromatic rings. The van der Waals surface area contributed by atoms with Crippen LogP contribution >= 0.6 is 0 Å². The number of carbonyl (C=O) groups excluding carboxylic acids is 2. The van der Waals surface area contributed by atoms with E-state index in [9.17, 15) is 9.59 Å². The molecule has 2 heterocycles. The second kappa shape index (κ2) is 4.95. The van der Waals surface area contributed by atoms with E-state index < -0.39 is 0 Å². The molecule has 2 aliphatic rings. The van der Waals surface area contributed by atoms with E-state index in [4.69, 9.17) is 0 Å². The van der Waals surface area contributed by atoms with E-state index >= 15 is 0 Å². The van der Waals surface area contributed by atoms with Crippen molar-refractivity contribution in [3.63, 3.8) is 0 Å². The molecule has 16 heavy (non-hydrogen) atoms. The van der Waals surface area contributed by atoms with Gasteiger partial charge in [0.1, 0.15) is 0 Å². The molecule has 90 valence electrons.